The molecular formula is C14H11BrN4O2. The standard InChI is InChI=1S/C14H11BrN4O2/c1-20-11-4-2-8(6-10(11)15)13-18-14(21-19-13)9-3-5-12(16)17-7-9/h2-7H,1H3,(H2,16,17). The molecule has 2 N–H and O–H groups in total. The van der Waals surface area contributed by atoms with E-state index < -0.39 is 0 Å². The van der Waals surface area contributed by atoms with E-state index in [4.69, 9.17) is 15.0 Å². The third-order valence-electron chi connectivity index (χ3n) is 2.87. The molecule has 0 saturated carbocycles. The number of methoxy groups -OCH3 is 1. The van der Waals surface area contributed by atoms with E-state index >= 15 is 0 Å². The maximum absolute atomic E-state index is 5.55. The highest BCUT2D eigenvalue weighted by Gasteiger charge is 2.12. The Balaban J connectivity index is 1.94. The van der Waals surface area contributed by atoms with Gasteiger partial charge >= 0.3 is 0 Å². The molecule has 21 heavy (non-hydrogen) atoms. The first-order valence-electron chi connectivity index (χ1n) is 6.07. The topological polar surface area (TPSA) is 87.1 Å². The highest BCUT2D eigenvalue weighted by Crippen LogP contribution is 2.30. The lowest BCUT2D eigenvalue weighted by molar-refractivity contribution is 0.412. The van der Waals surface area contributed by atoms with Gasteiger partial charge in [0.15, 0.2) is 0 Å². The predicted octanol–water partition coefficient (Wildman–Crippen LogP) is 3.15. The average molecular weight is 347 g/mol. The quantitative estimate of drug-likeness (QED) is 0.783. The van der Waals surface area contributed by atoms with Crippen molar-refractivity contribution in [3.63, 3.8) is 0 Å². The van der Waals surface area contributed by atoms with Gasteiger partial charge in [0.25, 0.3) is 5.89 Å². The average Bonchev–Trinajstić information content (AvgIpc) is 2.98. The lowest BCUT2D eigenvalue weighted by Crippen LogP contribution is -1.89. The summed E-state index contributed by atoms with van der Waals surface area (Å²) in [5, 5.41) is 3.98. The van der Waals surface area contributed by atoms with Crippen LogP contribution >= 0.6 is 15.9 Å². The SMILES string of the molecule is COc1ccc(-c2noc(-c3ccc(N)nc3)n2)cc1Br. The van der Waals surface area contributed by atoms with Gasteiger partial charge in [-0.3, -0.25) is 0 Å². The zero-order valence-corrected chi connectivity index (χ0v) is 12.7. The first kappa shape index (κ1) is 13.6. The monoisotopic (exact) mass is 346 g/mol. The summed E-state index contributed by atoms with van der Waals surface area (Å²) < 4.78 is 11.3. The van der Waals surface area contributed by atoms with E-state index in [9.17, 15) is 0 Å². The second-order valence-electron chi connectivity index (χ2n) is 4.24. The second kappa shape index (κ2) is 5.53. The molecule has 0 amide bonds. The fourth-order valence-corrected chi connectivity index (χ4v) is 2.34. The van der Waals surface area contributed by atoms with Gasteiger partial charge in [0.05, 0.1) is 17.1 Å². The van der Waals surface area contributed by atoms with Crippen molar-refractivity contribution in [3.8, 4) is 28.6 Å². The number of nitrogens with two attached hydrogens (primary N) is 1. The van der Waals surface area contributed by atoms with Crippen LogP contribution in [0.3, 0.4) is 0 Å². The minimum absolute atomic E-state index is 0.393. The Labute approximate surface area is 129 Å². The van der Waals surface area contributed by atoms with Crippen LogP contribution in [-0.4, -0.2) is 22.2 Å². The van der Waals surface area contributed by atoms with Gasteiger partial charge in [-0.1, -0.05) is 5.16 Å². The summed E-state index contributed by atoms with van der Waals surface area (Å²) in [6.45, 7) is 0. The number of hydrogen-bond acceptors (Lipinski definition) is 6. The number of halogens is 1. The van der Waals surface area contributed by atoms with Crippen molar-refractivity contribution in [1.82, 2.24) is 15.1 Å². The number of anilines is 1. The smallest absolute Gasteiger partial charge is 0.259 e. The lowest BCUT2D eigenvalue weighted by Gasteiger charge is -2.03. The van der Waals surface area contributed by atoms with Crippen molar-refractivity contribution in [1.29, 1.82) is 0 Å². The molecule has 0 unspecified atom stereocenters. The zero-order chi connectivity index (χ0) is 14.8. The highest BCUT2D eigenvalue weighted by molar-refractivity contribution is 9.10. The van der Waals surface area contributed by atoms with E-state index in [1.807, 2.05) is 18.2 Å². The summed E-state index contributed by atoms with van der Waals surface area (Å²) in [7, 11) is 1.61. The molecule has 0 saturated heterocycles. The minimum Gasteiger partial charge on any atom is -0.496 e. The first-order chi connectivity index (χ1) is 10.2. The van der Waals surface area contributed by atoms with Gasteiger partial charge in [-0.2, -0.15) is 4.98 Å². The van der Waals surface area contributed by atoms with Crippen molar-refractivity contribution in [2.24, 2.45) is 0 Å². The summed E-state index contributed by atoms with van der Waals surface area (Å²) in [5.41, 5.74) is 7.09. The molecule has 0 radical (unpaired) electrons. The third-order valence-corrected chi connectivity index (χ3v) is 3.49. The van der Waals surface area contributed by atoms with Crippen molar-refractivity contribution in [2.45, 2.75) is 0 Å². The number of nitrogens with zero attached hydrogens (tertiary/aromatic N) is 3. The lowest BCUT2D eigenvalue weighted by atomic mass is 10.2. The van der Waals surface area contributed by atoms with Crippen molar-refractivity contribution >= 4 is 21.7 Å². The first-order valence-corrected chi connectivity index (χ1v) is 6.86. The molecule has 1 aromatic carbocycles. The van der Waals surface area contributed by atoms with Crippen molar-refractivity contribution in [3.05, 3.63) is 41.0 Å². The van der Waals surface area contributed by atoms with Crippen LogP contribution < -0.4 is 10.5 Å². The van der Waals surface area contributed by atoms with Gasteiger partial charge in [-0.15, -0.1) is 0 Å². The molecule has 6 nitrogen and oxygen atoms in total. The molecule has 3 aromatic rings. The summed E-state index contributed by atoms with van der Waals surface area (Å²) in [5.74, 6) is 2.07. The number of benzene rings is 1. The van der Waals surface area contributed by atoms with E-state index in [2.05, 4.69) is 31.1 Å². The van der Waals surface area contributed by atoms with Gasteiger partial charge in [-0.05, 0) is 46.3 Å². The summed E-state index contributed by atoms with van der Waals surface area (Å²) in [6, 6.07) is 9.03. The molecule has 106 valence electrons. The van der Waals surface area contributed by atoms with Crippen LogP contribution in [0.1, 0.15) is 0 Å². The van der Waals surface area contributed by atoms with Crippen LogP contribution in [0.2, 0.25) is 0 Å². The summed E-state index contributed by atoms with van der Waals surface area (Å²) in [6.07, 6.45) is 1.59. The molecule has 2 heterocycles. The Morgan fingerprint density at radius 2 is 2.00 bits per heavy atom. The number of nitrogen functional groups attached to an aromatic ring is 1. The number of ether oxygens (including phenoxy) is 1. The van der Waals surface area contributed by atoms with E-state index in [0.29, 0.717) is 17.5 Å². The Morgan fingerprint density at radius 3 is 2.67 bits per heavy atom. The highest BCUT2D eigenvalue weighted by atomic mass is 79.9. The molecule has 0 aliphatic heterocycles. The zero-order valence-electron chi connectivity index (χ0n) is 11.1. The van der Waals surface area contributed by atoms with Crippen molar-refractivity contribution < 1.29 is 9.26 Å². The van der Waals surface area contributed by atoms with Gasteiger partial charge in [0, 0.05) is 11.8 Å². The molecule has 0 bridgehead atoms. The summed E-state index contributed by atoms with van der Waals surface area (Å²) in [4.78, 5) is 8.36. The summed E-state index contributed by atoms with van der Waals surface area (Å²) >= 11 is 3.43. The number of rotatable bonds is 3. The molecule has 3 rings (SSSR count). The van der Waals surface area contributed by atoms with Gasteiger partial charge in [-0.25, -0.2) is 4.98 Å². The normalized spacial score (nSPS) is 10.6. The number of pyridine rings is 1. The van der Waals surface area contributed by atoms with E-state index in [0.717, 1.165) is 21.3 Å². The van der Waals surface area contributed by atoms with Gasteiger partial charge in [0.2, 0.25) is 5.82 Å². The van der Waals surface area contributed by atoms with Crippen LogP contribution in [0.25, 0.3) is 22.8 Å². The Hall–Kier alpha value is -2.41. The third kappa shape index (κ3) is 2.73. The number of aromatic nitrogens is 3. The van der Waals surface area contributed by atoms with E-state index in [1.54, 1.807) is 25.4 Å². The molecule has 0 aliphatic rings. The molecule has 0 fully saturated rings. The van der Waals surface area contributed by atoms with Crippen LogP contribution in [0.4, 0.5) is 5.82 Å². The Morgan fingerprint density at radius 1 is 1.19 bits per heavy atom. The minimum atomic E-state index is 0.393. The van der Waals surface area contributed by atoms with Crippen LogP contribution in [0, 0.1) is 0 Å². The molecule has 0 atom stereocenters. The maximum Gasteiger partial charge on any atom is 0.259 e. The number of hydrogen-bond donors (Lipinski definition) is 1. The fraction of sp³-hybridized carbons (Fsp3) is 0.0714. The Bertz CT molecular complexity index is 771. The molecule has 7 heteroatoms. The Kier molecular flexibility index (Phi) is 3.57. The maximum atomic E-state index is 5.55. The van der Waals surface area contributed by atoms with E-state index in [1.165, 1.54) is 0 Å². The van der Waals surface area contributed by atoms with Crippen LogP contribution in [-0.2, 0) is 0 Å². The fourth-order valence-electron chi connectivity index (χ4n) is 1.80. The van der Waals surface area contributed by atoms with Crippen molar-refractivity contribution in [2.75, 3.05) is 12.8 Å². The van der Waals surface area contributed by atoms with Gasteiger partial charge in [0.1, 0.15) is 11.6 Å². The van der Waals surface area contributed by atoms with Gasteiger partial charge < -0.3 is 15.0 Å². The predicted molar refractivity (Wildman–Crippen MR) is 81.6 cm³/mol. The molecular weight excluding hydrogens is 336 g/mol. The van der Waals surface area contributed by atoms with E-state index in [-0.39, 0.29) is 0 Å². The van der Waals surface area contributed by atoms with Crippen LogP contribution in [0.5, 0.6) is 5.75 Å². The largest absolute Gasteiger partial charge is 0.496 e. The second-order valence-corrected chi connectivity index (χ2v) is 5.10. The molecule has 0 aliphatic carbocycles. The molecule has 0 spiro atoms. The molecule has 2 aromatic heterocycles. The van der Waals surface area contributed by atoms with Crippen LogP contribution in [0.15, 0.2) is 45.5 Å².